The Balaban J connectivity index is 1.98. The first kappa shape index (κ1) is 43.4. The number of hydrogen-bond acceptors (Lipinski definition) is 13. The van der Waals surface area contributed by atoms with Gasteiger partial charge in [-0.3, -0.25) is 39.2 Å². The number of aliphatic carboxylic acids is 5. The van der Waals surface area contributed by atoms with Crippen molar-refractivity contribution >= 4 is 75.5 Å². The van der Waals surface area contributed by atoms with E-state index in [1.54, 1.807) is 88.2 Å². The summed E-state index contributed by atoms with van der Waals surface area (Å²) in [5, 5.41) is 63.6. The van der Waals surface area contributed by atoms with Crippen molar-refractivity contribution in [1.29, 1.82) is 0 Å². The molecule has 19 heteroatoms. The summed E-state index contributed by atoms with van der Waals surface area (Å²) in [6, 6.07) is 19.3. The first-order chi connectivity index (χ1) is 25.5. The van der Waals surface area contributed by atoms with Crippen molar-refractivity contribution in [3.05, 3.63) is 83.9 Å². The number of carbonyl (C=O) groups is 5. The molecule has 0 heterocycles. The fourth-order valence-corrected chi connectivity index (χ4v) is 6.19. The standard InChI is InChI=1S/C35H38IN5O12S/c36-35(34(51)52,15-23-3-9-27(10-4-23)53-28-11-7-26(42)8-12-28)38-29(41(20-32(47)48)21-33(49)50)17-39(13-14-40(18-30(43)44)19-31(45)46)16-24-1-5-25(6-2-24)37-22-54/h1-12,29,38,42H,13-21H2,(H,43,44)(H,45,46)(H,47,48)(H,49,50)(H,51,52)/t29?,35-/m0/s1. The van der Waals surface area contributed by atoms with E-state index in [-0.39, 0.29) is 38.3 Å². The first-order valence-corrected chi connectivity index (χ1v) is 17.5. The SMILES string of the molecule is O=C(O)CN(CCN(Cc1ccc(N=C=S)cc1)CC(N[C@@](I)(Cc1ccc(Oc2ccc(O)cc2)cc1)C(=O)O)N(CC(=O)O)CC(=O)O)CC(=O)O. The highest BCUT2D eigenvalue weighted by Gasteiger charge is 2.40. The second-order valence-electron chi connectivity index (χ2n) is 12.0. The molecular formula is C35H38IN5O12S. The van der Waals surface area contributed by atoms with Crippen LogP contribution in [0.4, 0.5) is 5.69 Å². The lowest BCUT2D eigenvalue weighted by Crippen LogP contribution is -2.63. The Morgan fingerprint density at radius 3 is 1.70 bits per heavy atom. The van der Waals surface area contributed by atoms with Gasteiger partial charge >= 0.3 is 29.8 Å². The summed E-state index contributed by atoms with van der Waals surface area (Å²) in [6.45, 7) is -2.91. The Morgan fingerprint density at radius 1 is 0.741 bits per heavy atom. The molecule has 0 fully saturated rings. The lowest BCUT2D eigenvalue weighted by Gasteiger charge is -2.39. The first-order valence-electron chi connectivity index (χ1n) is 16.0. The van der Waals surface area contributed by atoms with Crippen molar-refractivity contribution in [3.8, 4) is 17.2 Å². The maximum atomic E-state index is 12.9. The molecule has 0 aliphatic rings. The molecule has 3 aromatic rings. The molecule has 0 spiro atoms. The van der Waals surface area contributed by atoms with Gasteiger partial charge in [0, 0.05) is 32.6 Å². The molecular weight excluding hydrogens is 841 g/mol. The van der Waals surface area contributed by atoms with Crippen LogP contribution in [0.3, 0.4) is 0 Å². The van der Waals surface area contributed by atoms with E-state index < -0.39 is 65.7 Å². The number of halogens is 1. The number of ether oxygens (including phenoxy) is 1. The molecule has 0 aromatic heterocycles. The summed E-state index contributed by atoms with van der Waals surface area (Å²) in [5.41, 5.74) is 1.74. The molecule has 0 aliphatic carbocycles. The number of aliphatic imine (C=N–C) groups is 1. The highest BCUT2D eigenvalue weighted by Crippen LogP contribution is 2.28. The normalized spacial score (nSPS) is 12.8. The molecule has 0 bridgehead atoms. The zero-order chi connectivity index (χ0) is 39.8. The summed E-state index contributed by atoms with van der Waals surface area (Å²) in [7, 11) is 0. The molecule has 3 aromatic carbocycles. The lowest BCUT2D eigenvalue weighted by molar-refractivity contribution is -0.145. The molecule has 17 nitrogen and oxygen atoms in total. The highest BCUT2D eigenvalue weighted by atomic mass is 127. The van der Waals surface area contributed by atoms with E-state index >= 15 is 0 Å². The van der Waals surface area contributed by atoms with E-state index in [1.807, 2.05) is 0 Å². The van der Waals surface area contributed by atoms with Crippen molar-refractivity contribution in [2.24, 2.45) is 4.99 Å². The van der Waals surface area contributed by atoms with Crippen LogP contribution in [0.15, 0.2) is 77.8 Å². The van der Waals surface area contributed by atoms with Crippen molar-refractivity contribution in [1.82, 2.24) is 20.0 Å². The van der Waals surface area contributed by atoms with Crippen molar-refractivity contribution in [2.75, 3.05) is 45.8 Å². The molecule has 7 N–H and O–H groups in total. The molecule has 0 saturated heterocycles. The average Bonchev–Trinajstić information content (AvgIpc) is 3.08. The van der Waals surface area contributed by atoms with Gasteiger partial charge in [0.1, 0.15) is 17.2 Å². The minimum atomic E-state index is -1.83. The Kier molecular flexibility index (Phi) is 16.9. The highest BCUT2D eigenvalue weighted by molar-refractivity contribution is 14.1. The molecule has 288 valence electrons. The number of nitrogens with one attached hydrogen (secondary N) is 1. The van der Waals surface area contributed by atoms with Crippen LogP contribution in [0.25, 0.3) is 0 Å². The zero-order valence-electron chi connectivity index (χ0n) is 28.6. The smallest absolute Gasteiger partial charge is 0.334 e. The minimum absolute atomic E-state index is 0.0103. The van der Waals surface area contributed by atoms with Crippen LogP contribution < -0.4 is 10.1 Å². The largest absolute Gasteiger partial charge is 0.508 e. The summed E-state index contributed by atoms with van der Waals surface area (Å²) in [6.07, 6.45) is -1.40. The summed E-state index contributed by atoms with van der Waals surface area (Å²) < 4.78 is 3.95. The van der Waals surface area contributed by atoms with E-state index in [4.69, 9.17) is 4.74 Å². The second kappa shape index (κ2) is 21.0. The van der Waals surface area contributed by atoms with E-state index in [2.05, 4.69) is 27.7 Å². The maximum absolute atomic E-state index is 12.9. The topological polar surface area (TPSA) is 250 Å². The molecule has 1 unspecified atom stereocenters. The fourth-order valence-electron chi connectivity index (χ4n) is 5.28. The molecule has 0 amide bonds. The number of rotatable bonds is 24. The van der Waals surface area contributed by atoms with Crippen LogP contribution >= 0.6 is 34.8 Å². The Hall–Kier alpha value is -5.02. The Bertz CT molecular complexity index is 1780. The summed E-state index contributed by atoms with van der Waals surface area (Å²) >= 11 is 6.34. The number of isothiocyanates is 1. The van der Waals surface area contributed by atoms with Crippen molar-refractivity contribution in [2.45, 2.75) is 22.7 Å². The minimum Gasteiger partial charge on any atom is -0.508 e. The molecule has 54 heavy (non-hydrogen) atoms. The van der Waals surface area contributed by atoms with Gasteiger partial charge in [0.05, 0.1) is 43.2 Å². The number of carboxylic acids is 5. The van der Waals surface area contributed by atoms with E-state index in [0.29, 0.717) is 28.3 Å². The predicted molar refractivity (Wildman–Crippen MR) is 205 cm³/mol. The predicted octanol–water partition coefficient (Wildman–Crippen LogP) is 3.04. The second-order valence-corrected chi connectivity index (χ2v) is 14.0. The third kappa shape index (κ3) is 15.1. The average molecular weight is 880 g/mol. The maximum Gasteiger partial charge on any atom is 0.334 e. The zero-order valence-corrected chi connectivity index (χ0v) is 31.6. The number of aromatic hydroxyl groups is 1. The van der Waals surface area contributed by atoms with Crippen LogP contribution in [-0.2, 0) is 36.9 Å². The number of nitrogens with zero attached hydrogens (tertiary/aromatic N) is 4. The van der Waals surface area contributed by atoms with Gasteiger partial charge in [-0.2, -0.15) is 4.99 Å². The quantitative estimate of drug-likeness (QED) is 0.0171. The number of thiocarbonyl (C=S) groups is 1. The number of phenolic OH excluding ortho intramolecular Hbond substituents is 1. The number of phenols is 1. The molecule has 0 saturated carbocycles. The molecule has 0 aliphatic heterocycles. The van der Waals surface area contributed by atoms with Crippen molar-refractivity contribution in [3.63, 3.8) is 0 Å². The summed E-state index contributed by atoms with van der Waals surface area (Å²) in [5.74, 6) is -5.67. The van der Waals surface area contributed by atoms with Crippen LogP contribution in [0.1, 0.15) is 11.1 Å². The van der Waals surface area contributed by atoms with Crippen LogP contribution in [0.5, 0.6) is 17.2 Å². The van der Waals surface area contributed by atoms with Gasteiger partial charge in [-0.05, 0) is 94.5 Å². The van der Waals surface area contributed by atoms with E-state index in [0.717, 1.165) is 4.90 Å². The number of hydrogen-bond donors (Lipinski definition) is 7. The Morgan fingerprint density at radius 2 is 1.22 bits per heavy atom. The van der Waals surface area contributed by atoms with Gasteiger partial charge in [-0.15, -0.1) is 0 Å². The van der Waals surface area contributed by atoms with Crippen LogP contribution in [0.2, 0.25) is 0 Å². The summed E-state index contributed by atoms with van der Waals surface area (Å²) in [4.78, 5) is 67.8. The fraction of sp³-hybridized carbons (Fsp3) is 0.314. The number of alkyl halides is 1. The Labute approximate surface area is 328 Å². The van der Waals surface area contributed by atoms with Gasteiger partial charge in [-0.1, -0.05) is 24.3 Å². The third-order valence-electron chi connectivity index (χ3n) is 7.69. The monoisotopic (exact) mass is 879 g/mol. The lowest BCUT2D eigenvalue weighted by atomic mass is 10.0. The van der Waals surface area contributed by atoms with E-state index in [9.17, 15) is 54.6 Å². The van der Waals surface area contributed by atoms with Gasteiger partial charge in [0.2, 0.25) is 0 Å². The van der Waals surface area contributed by atoms with Crippen molar-refractivity contribution < 1.29 is 59.3 Å². The number of carboxylic acid groups (broad SMARTS) is 5. The van der Waals surface area contributed by atoms with Crippen LogP contribution in [-0.4, -0.2) is 136 Å². The van der Waals surface area contributed by atoms with Gasteiger partial charge in [0.15, 0.2) is 3.55 Å². The van der Waals surface area contributed by atoms with E-state index in [1.165, 1.54) is 17.0 Å². The van der Waals surface area contributed by atoms with Gasteiger partial charge < -0.3 is 35.4 Å². The third-order valence-corrected chi connectivity index (χ3v) is 8.94. The van der Waals surface area contributed by atoms with Crippen LogP contribution in [0, 0.1) is 0 Å². The number of benzene rings is 3. The molecule has 3 rings (SSSR count). The molecule has 0 radical (unpaired) electrons. The molecule has 2 atom stereocenters. The van der Waals surface area contributed by atoms with Gasteiger partial charge in [-0.25, -0.2) is 4.79 Å². The van der Waals surface area contributed by atoms with Gasteiger partial charge in [0.25, 0.3) is 0 Å².